The quantitative estimate of drug-likeness (QED) is 0.692. The molecule has 2 aliphatic rings. The number of hydrogen-bond acceptors (Lipinski definition) is 3. The monoisotopic (exact) mass is 421 g/mol. The molecule has 2 aliphatic heterocycles. The Morgan fingerprint density at radius 2 is 1.66 bits per heavy atom. The van der Waals surface area contributed by atoms with Crippen LogP contribution < -0.4 is 0 Å². The third kappa shape index (κ3) is 4.82. The van der Waals surface area contributed by atoms with E-state index in [2.05, 4.69) is 10.0 Å². The third-order valence-corrected chi connectivity index (χ3v) is 5.19. The molecule has 0 aliphatic carbocycles. The van der Waals surface area contributed by atoms with Crippen LogP contribution in [-0.2, 0) is 0 Å². The van der Waals surface area contributed by atoms with E-state index < -0.39 is 18.8 Å². The lowest BCUT2D eigenvalue weighted by molar-refractivity contribution is -0.150. The Hall–Kier alpha value is -2.31. The molecule has 2 aromatic rings. The fourth-order valence-corrected chi connectivity index (χ4v) is 4.13. The molecule has 0 spiro atoms. The summed E-state index contributed by atoms with van der Waals surface area (Å²) in [5.41, 5.74) is 3.65. The highest BCUT2D eigenvalue weighted by atomic mass is 35.5. The van der Waals surface area contributed by atoms with Gasteiger partial charge in [-0.05, 0) is 29.8 Å². The van der Waals surface area contributed by atoms with E-state index in [-0.39, 0.29) is 18.3 Å². The van der Waals surface area contributed by atoms with E-state index in [1.54, 1.807) is 0 Å². The molecule has 2 heterocycles. The van der Waals surface area contributed by atoms with Crippen LogP contribution in [0.15, 0.2) is 71.3 Å². The summed E-state index contributed by atoms with van der Waals surface area (Å²) in [4.78, 5) is 2.16. The molecule has 154 valence electrons. The van der Waals surface area contributed by atoms with Gasteiger partial charge >= 0.3 is 6.18 Å². The van der Waals surface area contributed by atoms with Crippen molar-refractivity contribution in [3.8, 4) is 0 Å². The van der Waals surface area contributed by atoms with Gasteiger partial charge in [-0.25, -0.2) is 0 Å². The third-order valence-electron chi connectivity index (χ3n) is 5.19. The zero-order valence-corrected chi connectivity index (χ0v) is 16.8. The van der Waals surface area contributed by atoms with Crippen molar-refractivity contribution in [1.82, 2.24) is 9.91 Å². The van der Waals surface area contributed by atoms with Crippen LogP contribution >= 0.6 is 12.4 Å². The first-order chi connectivity index (χ1) is 13.4. The van der Waals surface area contributed by atoms with E-state index in [0.29, 0.717) is 13.1 Å². The Labute approximate surface area is 174 Å². The first kappa shape index (κ1) is 21.4. The normalized spacial score (nSPS) is 23.5. The van der Waals surface area contributed by atoms with E-state index in [9.17, 15) is 13.2 Å². The van der Waals surface area contributed by atoms with Gasteiger partial charge in [0.1, 0.15) is 6.54 Å². The Balaban J connectivity index is 0.00000240. The standard InChI is InChI=1S/C22H22F3N3.ClH/c1-27-13-18(12-16-8-4-2-5-9-16)20-19(14-27)21(17-10-6-3-7-11-17)28(26-20)15-22(23,24)25;/h2-12,19,21H,13-15H2,1H3;1H/b18-12+;. The molecule has 2 unspecified atom stereocenters. The summed E-state index contributed by atoms with van der Waals surface area (Å²) in [6.45, 7) is 0.305. The summed E-state index contributed by atoms with van der Waals surface area (Å²) in [5.74, 6) is -0.0986. The van der Waals surface area contributed by atoms with Crippen LogP contribution in [0, 0.1) is 5.92 Å². The van der Waals surface area contributed by atoms with Crippen LogP contribution in [0.5, 0.6) is 0 Å². The van der Waals surface area contributed by atoms with Crippen LogP contribution in [0.4, 0.5) is 13.2 Å². The molecule has 4 rings (SSSR count). The molecule has 1 fully saturated rings. The molecular weight excluding hydrogens is 399 g/mol. The van der Waals surface area contributed by atoms with Crippen molar-refractivity contribution >= 4 is 24.2 Å². The lowest BCUT2D eigenvalue weighted by Gasteiger charge is -2.34. The molecule has 0 amide bonds. The molecule has 0 aromatic heterocycles. The average Bonchev–Trinajstić information content (AvgIpc) is 2.99. The first-order valence-corrected chi connectivity index (χ1v) is 9.32. The molecule has 3 nitrogen and oxygen atoms in total. The van der Waals surface area contributed by atoms with Crippen LogP contribution in [0.3, 0.4) is 0 Å². The lowest BCUT2D eigenvalue weighted by atomic mass is 9.83. The fraction of sp³-hybridized carbons (Fsp3) is 0.318. The van der Waals surface area contributed by atoms with Gasteiger partial charge < -0.3 is 4.90 Å². The second-order valence-electron chi connectivity index (χ2n) is 7.44. The number of alkyl halides is 3. The largest absolute Gasteiger partial charge is 0.407 e. The van der Waals surface area contributed by atoms with Gasteiger partial charge in [0, 0.05) is 19.0 Å². The number of rotatable bonds is 3. The summed E-state index contributed by atoms with van der Waals surface area (Å²) >= 11 is 0. The minimum Gasteiger partial charge on any atom is -0.301 e. The summed E-state index contributed by atoms with van der Waals surface area (Å²) in [6.07, 6.45) is -2.26. The van der Waals surface area contributed by atoms with Gasteiger partial charge in [0.05, 0.1) is 11.8 Å². The zero-order chi connectivity index (χ0) is 19.7. The smallest absolute Gasteiger partial charge is 0.301 e. The number of hydrazone groups is 1. The lowest BCUT2D eigenvalue weighted by Crippen LogP contribution is -2.42. The summed E-state index contributed by atoms with van der Waals surface area (Å²) < 4.78 is 39.8. The van der Waals surface area contributed by atoms with E-state index in [4.69, 9.17) is 0 Å². The molecule has 0 bridgehead atoms. The maximum atomic E-state index is 13.3. The highest BCUT2D eigenvalue weighted by molar-refractivity contribution is 6.07. The number of nitrogens with zero attached hydrogens (tertiary/aromatic N) is 3. The van der Waals surface area contributed by atoms with Crippen molar-refractivity contribution in [2.75, 3.05) is 26.7 Å². The fourth-order valence-electron chi connectivity index (χ4n) is 4.13. The van der Waals surface area contributed by atoms with Gasteiger partial charge in [-0.15, -0.1) is 12.4 Å². The Bertz CT molecular complexity index is 881. The van der Waals surface area contributed by atoms with E-state index in [0.717, 1.165) is 22.4 Å². The molecule has 1 saturated heterocycles. The second-order valence-corrected chi connectivity index (χ2v) is 7.44. The number of likely N-dealkylation sites (N-methyl/N-ethyl adjacent to an activating group) is 1. The van der Waals surface area contributed by atoms with Gasteiger partial charge in [0.15, 0.2) is 0 Å². The number of piperidine rings is 1. The Kier molecular flexibility index (Phi) is 6.34. The molecule has 2 atom stereocenters. The van der Waals surface area contributed by atoms with Gasteiger partial charge in [-0.2, -0.15) is 18.3 Å². The van der Waals surface area contributed by atoms with Crippen molar-refractivity contribution in [2.45, 2.75) is 12.2 Å². The number of halogens is 4. The number of likely N-dealkylation sites (tertiary alicyclic amines) is 1. The van der Waals surface area contributed by atoms with Crippen molar-refractivity contribution in [3.05, 3.63) is 77.4 Å². The molecular formula is C22H23ClF3N3. The molecule has 2 aromatic carbocycles. The number of fused-ring (bicyclic) bond motifs is 1. The maximum Gasteiger partial charge on any atom is 0.407 e. The van der Waals surface area contributed by atoms with E-state index in [1.807, 2.05) is 73.8 Å². The van der Waals surface area contributed by atoms with Crippen LogP contribution in [-0.4, -0.2) is 48.5 Å². The van der Waals surface area contributed by atoms with Crippen molar-refractivity contribution in [2.24, 2.45) is 11.0 Å². The minimum atomic E-state index is -4.31. The van der Waals surface area contributed by atoms with Gasteiger partial charge in [0.2, 0.25) is 0 Å². The first-order valence-electron chi connectivity index (χ1n) is 9.32. The summed E-state index contributed by atoms with van der Waals surface area (Å²) in [5, 5.41) is 5.73. The Morgan fingerprint density at radius 1 is 1.03 bits per heavy atom. The van der Waals surface area contributed by atoms with Crippen LogP contribution in [0.1, 0.15) is 17.2 Å². The van der Waals surface area contributed by atoms with Gasteiger partial charge in [0.25, 0.3) is 0 Å². The highest BCUT2D eigenvalue weighted by Crippen LogP contribution is 2.41. The average molecular weight is 422 g/mol. The van der Waals surface area contributed by atoms with Gasteiger partial charge in [-0.3, -0.25) is 5.01 Å². The number of hydrogen-bond donors (Lipinski definition) is 0. The van der Waals surface area contributed by atoms with Crippen LogP contribution in [0.25, 0.3) is 6.08 Å². The predicted molar refractivity (Wildman–Crippen MR) is 112 cm³/mol. The number of benzene rings is 2. The zero-order valence-electron chi connectivity index (χ0n) is 16.0. The van der Waals surface area contributed by atoms with Crippen molar-refractivity contribution in [1.29, 1.82) is 0 Å². The molecule has 7 heteroatoms. The van der Waals surface area contributed by atoms with Crippen LogP contribution in [0.2, 0.25) is 0 Å². The second kappa shape index (κ2) is 8.59. The summed E-state index contributed by atoms with van der Waals surface area (Å²) in [7, 11) is 2.00. The van der Waals surface area contributed by atoms with Crippen molar-refractivity contribution in [3.63, 3.8) is 0 Å². The van der Waals surface area contributed by atoms with E-state index >= 15 is 0 Å². The summed E-state index contributed by atoms with van der Waals surface area (Å²) in [6, 6.07) is 18.8. The minimum absolute atomic E-state index is 0. The molecule has 0 saturated carbocycles. The Morgan fingerprint density at radius 3 is 2.28 bits per heavy atom. The maximum absolute atomic E-state index is 13.3. The predicted octanol–water partition coefficient (Wildman–Crippen LogP) is 5.03. The molecule has 29 heavy (non-hydrogen) atoms. The SMILES string of the molecule is CN1C/C(=C\c2ccccc2)C2=NN(CC(F)(F)F)C(c3ccccc3)C2C1.Cl. The topological polar surface area (TPSA) is 18.8 Å². The highest BCUT2D eigenvalue weighted by Gasteiger charge is 2.45. The van der Waals surface area contributed by atoms with Gasteiger partial charge in [-0.1, -0.05) is 60.7 Å². The molecule has 0 N–H and O–H groups in total. The van der Waals surface area contributed by atoms with Crippen molar-refractivity contribution < 1.29 is 13.2 Å². The molecule has 0 radical (unpaired) electrons. The van der Waals surface area contributed by atoms with E-state index in [1.165, 1.54) is 5.01 Å².